The molecule has 0 fully saturated rings. The van der Waals surface area contributed by atoms with Crippen molar-refractivity contribution in [3.63, 3.8) is 0 Å². The van der Waals surface area contributed by atoms with Crippen molar-refractivity contribution in [2.24, 2.45) is 5.73 Å². The Morgan fingerprint density at radius 2 is 1.52 bits per heavy atom. The quantitative estimate of drug-likeness (QED) is 0.307. The van der Waals surface area contributed by atoms with Gasteiger partial charge in [0.1, 0.15) is 23.1 Å². The van der Waals surface area contributed by atoms with Crippen molar-refractivity contribution < 1.29 is 9.47 Å². The second kappa shape index (κ2) is 7.21. The Hall–Kier alpha value is -4.63. The highest BCUT2D eigenvalue weighted by molar-refractivity contribution is 6.11. The molecule has 1 unspecified atom stereocenters. The molecule has 2 N–H and O–H groups in total. The van der Waals surface area contributed by atoms with Crippen LogP contribution in [0.2, 0.25) is 0 Å². The number of allylic oxidation sites excluding steroid dienone is 1. The van der Waals surface area contributed by atoms with E-state index in [1.165, 1.54) is 0 Å². The Labute approximate surface area is 189 Å². The molecule has 1 aliphatic heterocycles. The van der Waals surface area contributed by atoms with E-state index in [1.807, 2.05) is 72.8 Å². The molecule has 0 spiro atoms. The summed E-state index contributed by atoms with van der Waals surface area (Å²) in [5.74, 6) is 0.817. The molecule has 2 heterocycles. The van der Waals surface area contributed by atoms with Crippen molar-refractivity contribution >= 4 is 32.8 Å². The van der Waals surface area contributed by atoms with E-state index in [0.717, 1.165) is 38.4 Å². The molecule has 158 valence electrons. The van der Waals surface area contributed by atoms with E-state index < -0.39 is 5.92 Å². The van der Waals surface area contributed by atoms with Gasteiger partial charge in [0, 0.05) is 21.9 Å². The summed E-state index contributed by atoms with van der Waals surface area (Å²) in [7, 11) is 1.62. The molecule has 0 aliphatic carbocycles. The van der Waals surface area contributed by atoms with E-state index in [4.69, 9.17) is 25.2 Å². The number of nitrogens with two attached hydrogens (primary N) is 1. The first kappa shape index (κ1) is 19.1. The van der Waals surface area contributed by atoms with E-state index in [0.29, 0.717) is 22.6 Å². The standard InChI is InChI=1S/C27H18N4O2/c1-32-21-13-7-4-10-17(21)22-18(14-28)27(29)33-26-16-9-3-2-8-15(16)24-25(23(22)26)31-20-12-6-5-11-19(20)30-24/h2-13,22H,29H2,1H3. The van der Waals surface area contributed by atoms with Crippen LogP contribution < -0.4 is 15.2 Å². The van der Waals surface area contributed by atoms with Gasteiger partial charge in [-0.25, -0.2) is 9.97 Å². The van der Waals surface area contributed by atoms with Crippen LogP contribution in [-0.4, -0.2) is 17.1 Å². The van der Waals surface area contributed by atoms with Crippen LogP contribution in [0.1, 0.15) is 17.0 Å². The lowest BCUT2D eigenvalue weighted by Gasteiger charge is -2.29. The second-order valence-electron chi connectivity index (χ2n) is 7.86. The fraction of sp³-hybridized carbons (Fsp3) is 0.0741. The van der Waals surface area contributed by atoms with Crippen molar-refractivity contribution in [2.45, 2.75) is 5.92 Å². The van der Waals surface area contributed by atoms with Gasteiger partial charge in [-0.2, -0.15) is 5.26 Å². The third-order valence-corrected chi connectivity index (χ3v) is 6.12. The molecule has 0 saturated carbocycles. The second-order valence-corrected chi connectivity index (χ2v) is 7.86. The summed E-state index contributed by atoms with van der Waals surface area (Å²) >= 11 is 0. The summed E-state index contributed by atoms with van der Waals surface area (Å²) in [5, 5.41) is 11.9. The largest absolute Gasteiger partial charge is 0.496 e. The topological polar surface area (TPSA) is 94.0 Å². The summed E-state index contributed by atoms with van der Waals surface area (Å²) in [6.45, 7) is 0. The van der Waals surface area contributed by atoms with Crippen LogP contribution >= 0.6 is 0 Å². The van der Waals surface area contributed by atoms with Gasteiger partial charge in [0.25, 0.3) is 0 Å². The third-order valence-electron chi connectivity index (χ3n) is 6.12. The number of hydrogen-bond acceptors (Lipinski definition) is 6. The monoisotopic (exact) mass is 430 g/mol. The number of benzene rings is 4. The number of nitriles is 1. The highest BCUT2D eigenvalue weighted by Crippen LogP contribution is 2.50. The molecule has 5 aromatic rings. The van der Waals surface area contributed by atoms with Crippen LogP contribution in [-0.2, 0) is 0 Å². The minimum atomic E-state index is -0.516. The summed E-state index contributed by atoms with van der Waals surface area (Å²) in [6.07, 6.45) is 0. The average molecular weight is 430 g/mol. The van der Waals surface area contributed by atoms with Crippen LogP contribution in [0.25, 0.3) is 32.8 Å². The zero-order valence-corrected chi connectivity index (χ0v) is 17.7. The number of aromatic nitrogens is 2. The lowest BCUT2D eigenvalue weighted by Crippen LogP contribution is -2.22. The molecule has 6 heteroatoms. The zero-order chi connectivity index (χ0) is 22.5. The molecule has 6 nitrogen and oxygen atoms in total. The smallest absolute Gasteiger partial charge is 0.205 e. The summed E-state index contributed by atoms with van der Waals surface area (Å²) in [5.41, 5.74) is 11.2. The van der Waals surface area contributed by atoms with Crippen molar-refractivity contribution in [1.82, 2.24) is 9.97 Å². The van der Waals surface area contributed by atoms with Gasteiger partial charge in [-0.3, -0.25) is 0 Å². The van der Waals surface area contributed by atoms with Gasteiger partial charge in [0.05, 0.1) is 35.1 Å². The van der Waals surface area contributed by atoms with Gasteiger partial charge >= 0.3 is 0 Å². The van der Waals surface area contributed by atoms with Crippen molar-refractivity contribution in [3.05, 3.63) is 95.4 Å². The number of fused-ring (bicyclic) bond motifs is 7. The first-order valence-corrected chi connectivity index (χ1v) is 10.5. The Morgan fingerprint density at radius 1 is 0.879 bits per heavy atom. The summed E-state index contributed by atoms with van der Waals surface area (Å²) in [6, 6.07) is 25.6. The van der Waals surface area contributed by atoms with Gasteiger partial charge in [-0.15, -0.1) is 0 Å². The first-order chi connectivity index (χ1) is 16.2. The molecule has 33 heavy (non-hydrogen) atoms. The Balaban J connectivity index is 1.84. The van der Waals surface area contributed by atoms with Crippen LogP contribution in [0.15, 0.2) is 84.3 Å². The molecule has 4 aromatic carbocycles. The molecule has 0 bridgehead atoms. The fourth-order valence-corrected chi connectivity index (χ4v) is 4.68. The number of para-hydroxylation sites is 3. The average Bonchev–Trinajstić information content (AvgIpc) is 2.87. The normalized spacial score (nSPS) is 15.3. The van der Waals surface area contributed by atoms with Crippen molar-refractivity contribution in [2.75, 3.05) is 7.11 Å². The summed E-state index contributed by atoms with van der Waals surface area (Å²) < 4.78 is 11.8. The third kappa shape index (κ3) is 2.73. The fourth-order valence-electron chi connectivity index (χ4n) is 4.68. The van der Waals surface area contributed by atoms with Crippen molar-refractivity contribution in [1.29, 1.82) is 5.26 Å². The number of methoxy groups -OCH3 is 1. The van der Waals surface area contributed by atoms with E-state index in [-0.39, 0.29) is 5.88 Å². The van der Waals surface area contributed by atoms with Crippen molar-refractivity contribution in [3.8, 4) is 17.6 Å². The van der Waals surface area contributed by atoms with Gasteiger partial charge < -0.3 is 15.2 Å². The highest BCUT2D eigenvalue weighted by Gasteiger charge is 2.36. The molecule has 1 aromatic heterocycles. The molecular formula is C27H18N4O2. The first-order valence-electron chi connectivity index (χ1n) is 10.5. The predicted octanol–water partition coefficient (Wildman–Crippen LogP) is 5.16. The Kier molecular flexibility index (Phi) is 4.17. The minimum absolute atomic E-state index is 0.0826. The number of ether oxygens (including phenoxy) is 2. The zero-order valence-electron chi connectivity index (χ0n) is 17.7. The maximum absolute atomic E-state index is 10.1. The molecule has 0 saturated heterocycles. The number of nitrogens with zero attached hydrogens (tertiary/aromatic N) is 3. The van der Waals surface area contributed by atoms with Gasteiger partial charge in [-0.1, -0.05) is 54.6 Å². The lowest BCUT2D eigenvalue weighted by molar-refractivity contribution is 0.391. The minimum Gasteiger partial charge on any atom is -0.496 e. The number of rotatable bonds is 2. The van der Waals surface area contributed by atoms with E-state index in [9.17, 15) is 5.26 Å². The highest BCUT2D eigenvalue weighted by atomic mass is 16.5. The predicted molar refractivity (Wildman–Crippen MR) is 127 cm³/mol. The SMILES string of the molecule is COc1ccccc1C1C(C#N)=C(N)Oc2c1c1nc3ccccc3nc1c1ccccc21. The van der Waals surface area contributed by atoms with E-state index >= 15 is 0 Å². The number of hydrogen-bond donors (Lipinski definition) is 1. The molecule has 1 aliphatic rings. The molecule has 6 rings (SSSR count). The van der Waals surface area contributed by atoms with Crippen LogP contribution in [0.5, 0.6) is 11.5 Å². The van der Waals surface area contributed by atoms with Gasteiger partial charge in [-0.05, 0) is 18.2 Å². The molecular weight excluding hydrogens is 412 g/mol. The summed E-state index contributed by atoms with van der Waals surface area (Å²) in [4.78, 5) is 9.99. The Bertz CT molecular complexity index is 1670. The lowest BCUT2D eigenvalue weighted by atomic mass is 9.81. The van der Waals surface area contributed by atoms with Gasteiger partial charge in [0.15, 0.2) is 0 Å². The van der Waals surface area contributed by atoms with Crippen LogP contribution in [0.3, 0.4) is 0 Å². The maximum Gasteiger partial charge on any atom is 0.205 e. The molecule has 0 radical (unpaired) electrons. The molecule has 1 atom stereocenters. The maximum atomic E-state index is 10.1. The Morgan fingerprint density at radius 3 is 2.24 bits per heavy atom. The van der Waals surface area contributed by atoms with Crippen LogP contribution in [0.4, 0.5) is 0 Å². The van der Waals surface area contributed by atoms with E-state index in [1.54, 1.807) is 7.11 Å². The van der Waals surface area contributed by atoms with Gasteiger partial charge in [0.2, 0.25) is 5.88 Å². The molecule has 0 amide bonds. The van der Waals surface area contributed by atoms with E-state index in [2.05, 4.69) is 6.07 Å². The van der Waals surface area contributed by atoms with Crippen LogP contribution in [0, 0.1) is 11.3 Å².